The van der Waals surface area contributed by atoms with Gasteiger partial charge in [-0.1, -0.05) is 92.8 Å². The number of nitrogens with one attached hydrogen (secondary N) is 1. The van der Waals surface area contributed by atoms with Gasteiger partial charge in [-0.05, 0) is 62.1 Å². The van der Waals surface area contributed by atoms with Crippen molar-refractivity contribution in [3.63, 3.8) is 0 Å². The van der Waals surface area contributed by atoms with Crippen LogP contribution in [0.1, 0.15) is 102 Å². The Morgan fingerprint density at radius 1 is 0.949 bits per heavy atom. The third-order valence-electron chi connectivity index (χ3n) is 9.22. The highest BCUT2D eigenvalue weighted by molar-refractivity contribution is 9.10. The van der Waals surface area contributed by atoms with Crippen molar-refractivity contribution in [3.8, 4) is 0 Å². The second kappa shape index (κ2) is 15.9. The van der Waals surface area contributed by atoms with E-state index in [0.29, 0.717) is 12.1 Å². The summed E-state index contributed by atoms with van der Waals surface area (Å²) in [6.45, 7) is 7.13. The number of benzene rings is 1. The van der Waals surface area contributed by atoms with Gasteiger partial charge < -0.3 is 20.4 Å². The third-order valence-corrected chi connectivity index (χ3v) is 9.71. The Kier molecular flexibility index (Phi) is 12.3. The average Bonchev–Trinajstić information content (AvgIpc) is 3.43. The number of nitrogens with zero attached hydrogens (tertiary/aromatic N) is 4. The van der Waals surface area contributed by atoms with E-state index in [1.54, 1.807) is 0 Å². The molecule has 39 heavy (non-hydrogen) atoms. The molecule has 1 saturated carbocycles. The maximum Gasteiger partial charge on any atom is 0.194 e. The summed E-state index contributed by atoms with van der Waals surface area (Å²) in [5, 5.41) is 9.10. The van der Waals surface area contributed by atoms with Crippen molar-refractivity contribution in [3.05, 3.63) is 34.3 Å². The fraction of sp³-hybridized carbons (Fsp3) is 0.750. The van der Waals surface area contributed by atoms with Crippen LogP contribution in [0.5, 0.6) is 0 Å². The molecule has 1 saturated heterocycles. The van der Waals surface area contributed by atoms with Gasteiger partial charge in [0.25, 0.3) is 0 Å². The van der Waals surface area contributed by atoms with Crippen LogP contribution in [-0.2, 0) is 6.42 Å². The Labute approximate surface area is 246 Å². The minimum atomic E-state index is 0.468. The van der Waals surface area contributed by atoms with Crippen LogP contribution in [-0.4, -0.2) is 71.4 Å². The summed E-state index contributed by atoms with van der Waals surface area (Å²) < 4.78 is 1.14. The number of hydrogen-bond donors (Lipinski definition) is 2. The molecule has 0 aromatic heterocycles. The molecule has 2 aliphatic heterocycles. The maximum absolute atomic E-state index is 9.10. The van der Waals surface area contributed by atoms with E-state index >= 15 is 0 Å². The van der Waals surface area contributed by atoms with Gasteiger partial charge in [0.15, 0.2) is 11.9 Å². The molecule has 1 aromatic rings. The van der Waals surface area contributed by atoms with Crippen molar-refractivity contribution >= 4 is 27.8 Å². The summed E-state index contributed by atoms with van der Waals surface area (Å²) in [5.74, 6) is 2.35. The van der Waals surface area contributed by atoms with Gasteiger partial charge >= 0.3 is 0 Å². The molecule has 2 fully saturated rings. The Balaban J connectivity index is 1.25. The second-order valence-electron chi connectivity index (χ2n) is 12.2. The number of halogens is 1. The largest absolute Gasteiger partial charge is 0.370 e. The minimum absolute atomic E-state index is 0.468. The minimum Gasteiger partial charge on any atom is -0.370 e. The molecular weight excluding hydrogens is 548 g/mol. The van der Waals surface area contributed by atoms with Crippen LogP contribution in [0.4, 0.5) is 0 Å². The van der Waals surface area contributed by atoms with E-state index in [0.717, 1.165) is 74.3 Å². The smallest absolute Gasteiger partial charge is 0.194 e. The Morgan fingerprint density at radius 3 is 2.54 bits per heavy atom. The third kappa shape index (κ3) is 9.12. The highest BCUT2D eigenvalue weighted by atomic mass is 79.9. The first-order valence-electron chi connectivity index (χ1n) is 16.0. The molecule has 6 nitrogen and oxygen atoms in total. The molecule has 2 atom stereocenters. The monoisotopic (exact) mass is 600 g/mol. The molecule has 0 spiro atoms. The summed E-state index contributed by atoms with van der Waals surface area (Å²) in [5.41, 5.74) is 7.60. The van der Waals surface area contributed by atoms with E-state index < -0.39 is 0 Å². The number of nitrogens with two attached hydrogens (primary N) is 1. The van der Waals surface area contributed by atoms with Gasteiger partial charge in [-0.3, -0.25) is 10.4 Å². The van der Waals surface area contributed by atoms with E-state index in [-0.39, 0.29) is 0 Å². The summed E-state index contributed by atoms with van der Waals surface area (Å²) in [4.78, 5) is 11.7. The molecular formula is C32H53BrN6. The van der Waals surface area contributed by atoms with Crippen molar-refractivity contribution in [1.29, 1.82) is 5.41 Å². The molecule has 2 heterocycles. The number of rotatable bonds is 16. The van der Waals surface area contributed by atoms with E-state index in [2.05, 4.69) is 66.8 Å². The van der Waals surface area contributed by atoms with Crippen molar-refractivity contribution in [2.45, 2.75) is 115 Å². The number of guanidine groups is 2. The molecule has 3 N–H and O–H groups in total. The van der Waals surface area contributed by atoms with Crippen LogP contribution in [0.2, 0.25) is 0 Å². The van der Waals surface area contributed by atoms with Crippen LogP contribution in [0.15, 0.2) is 33.7 Å². The van der Waals surface area contributed by atoms with Crippen molar-refractivity contribution in [1.82, 2.24) is 14.7 Å². The molecule has 3 aliphatic rings. The number of hydrogen-bond acceptors (Lipinski definition) is 4. The molecule has 0 radical (unpaired) electrons. The lowest BCUT2D eigenvalue weighted by atomic mass is 9.84. The van der Waals surface area contributed by atoms with Crippen molar-refractivity contribution in [2.75, 3.05) is 32.7 Å². The zero-order valence-electron chi connectivity index (χ0n) is 24.4. The summed E-state index contributed by atoms with van der Waals surface area (Å²) in [7, 11) is 0. The van der Waals surface area contributed by atoms with E-state index in [1.165, 1.54) is 82.6 Å². The van der Waals surface area contributed by atoms with E-state index in [9.17, 15) is 0 Å². The fourth-order valence-electron chi connectivity index (χ4n) is 6.92. The highest BCUT2D eigenvalue weighted by Crippen LogP contribution is 2.31. The average molecular weight is 602 g/mol. The van der Waals surface area contributed by atoms with Gasteiger partial charge in [-0.15, -0.1) is 0 Å². The lowest BCUT2D eigenvalue weighted by Gasteiger charge is -2.30. The molecule has 7 heteroatoms. The predicted octanol–water partition coefficient (Wildman–Crippen LogP) is 7.02. The van der Waals surface area contributed by atoms with Gasteiger partial charge in [0, 0.05) is 36.7 Å². The molecule has 1 aliphatic carbocycles. The zero-order chi connectivity index (χ0) is 27.5. The summed E-state index contributed by atoms with van der Waals surface area (Å²) >= 11 is 3.62. The lowest BCUT2D eigenvalue weighted by molar-refractivity contribution is 0.244. The quantitative estimate of drug-likeness (QED) is 0.200. The SMILES string of the molecule is CCCCCCCN1C(N)=NC[C@@H]1CCCCN1C[C@@H](CC2CCCCC2)N(CCc2cccc(Br)c2)C1=N. The number of aliphatic imine (C=N–C) groups is 1. The normalized spacial score (nSPS) is 22.3. The Hall–Kier alpha value is -1.76. The topological polar surface area (TPSA) is 72.0 Å². The van der Waals surface area contributed by atoms with Crippen molar-refractivity contribution < 1.29 is 0 Å². The van der Waals surface area contributed by atoms with E-state index in [1.807, 2.05) is 0 Å². The zero-order valence-corrected chi connectivity index (χ0v) is 26.0. The van der Waals surface area contributed by atoms with Gasteiger partial charge in [0.1, 0.15) is 0 Å². The molecule has 218 valence electrons. The maximum atomic E-state index is 9.10. The van der Waals surface area contributed by atoms with E-state index in [4.69, 9.17) is 11.1 Å². The standard InChI is InChI=1S/C32H53BrN6/c1-2-3-4-5-10-20-38-29(24-36-31(38)34)17-9-11-19-37-25-30(23-26-13-7-6-8-14-26)39(32(37)35)21-18-27-15-12-16-28(33)22-27/h12,15-16,22,26,29-30,35H,2-11,13-14,17-21,23-25H2,1H3,(H2,34,36)/t29-,30+/m0/s1. The van der Waals surface area contributed by atoms with Crippen LogP contribution in [0, 0.1) is 11.3 Å². The first kappa shape index (κ1) is 30.2. The summed E-state index contributed by atoms with van der Waals surface area (Å²) in [6, 6.07) is 9.60. The molecule has 4 rings (SSSR count). The first-order valence-corrected chi connectivity index (χ1v) is 16.8. The predicted molar refractivity (Wildman–Crippen MR) is 168 cm³/mol. The van der Waals surface area contributed by atoms with Gasteiger partial charge in [0.2, 0.25) is 0 Å². The van der Waals surface area contributed by atoms with Crippen LogP contribution in [0.3, 0.4) is 0 Å². The number of unbranched alkanes of at least 4 members (excludes halogenated alkanes) is 5. The molecule has 0 amide bonds. The van der Waals surface area contributed by atoms with Crippen LogP contribution < -0.4 is 5.73 Å². The molecule has 1 aromatic carbocycles. The van der Waals surface area contributed by atoms with Gasteiger partial charge in [-0.2, -0.15) is 0 Å². The summed E-state index contributed by atoms with van der Waals surface area (Å²) in [6.07, 6.45) is 19.1. The first-order chi connectivity index (χ1) is 19.0. The highest BCUT2D eigenvalue weighted by Gasteiger charge is 2.35. The molecule has 0 bridgehead atoms. The Morgan fingerprint density at radius 2 is 1.74 bits per heavy atom. The van der Waals surface area contributed by atoms with Gasteiger partial charge in [0.05, 0.1) is 12.6 Å². The fourth-order valence-corrected chi connectivity index (χ4v) is 7.37. The van der Waals surface area contributed by atoms with Gasteiger partial charge in [-0.25, -0.2) is 0 Å². The Bertz CT molecular complexity index is 914. The van der Waals surface area contributed by atoms with Crippen LogP contribution >= 0.6 is 15.9 Å². The second-order valence-corrected chi connectivity index (χ2v) is 13.1. The lowest BCUT2D eigenvalue weighted by Crippen LogP contribution is -2.41. The molecule has 0 unspecified atom stereocenters. The van der Waals surface area contributed by atoms with Crippen LogP contribution in [0.25, 0.3) is 0 Å². The van der Waals surface area contributed by atoms with Crippen molar-refractivity contribution in [2.24, 2.45) is 16.6 Å².